The molecule has 0 aromatic heterocycles. The number of hydrogen-bond donors (Lipinski definition) is 3. The molecular formula is C20H24FNO5. The molecule has 3 N–H and O–H groups in total. The third kappa shape index (κ3) is 5.94. The maximum Gasteiger partial charge on any atom is 0.412 e. The number of benzene rings is 2. The minimum absolute atomic E-state index is 0.190. The van der Waals surface area contributed by atoms with Gasteiger partial charge in [0.2, 0.25) is 0 Å². The molecule has 0 spiro atoms. The minimum Gasteiger partial charge on any atom is -0.505 e. The van der Waals surface area contributed by atoms with E-state index in [0.717, 1.165) is 11.6 Å². The Hall–Kier alpha value is -2.64. The van der Waals surface area contributed by atoms with Crippen molar-refractivity contribution in [2.24, 2.45) is 0 Å². The van der Waals surface area contributed by atoms with Gasteiger partial charge in [-0.3, -0.25) is 5.32 Å². The molecule has 2 aromatic carbocycles. The summed E-state index contributed by atoms with van der Waals surface area (Å²) in [7, 11) is 0. The van der Waals surface area contributed by atoms with Crippen LogP contribution >= 0.6 is 0 Å². The van der Waals surface area contributed by atoms with Gasteiger partial charge in [0.15, 0.2) is 17.7 Å². The molecule has 7 heteroatoms. The number of nitrogens with one attached hydrogen (secondary N) is 1. The predicted octanol–water partition coefficient (Wildman–Crippen LogP) is 3.92. The first-order chi connectivity index (χ1) is 12.9. The number of aromatic hydroxyl groups is 1. The smallest absolute Gasteiger partial charge is 0.412 e. The van der Waals surface area contributed by atoms with Crippen LogP contribution in [-0.4, -0.2) is 35.6 Å². The number of carbonyl (C=O) groups excluding carboxylic acids is 1. The molecule has 0 radical (unpaired) electrons. The Morgan fingerprint density at radius 1 is 1.22 bits per heavy atom. The van der Waals surface area contributed by atoms with E-state index in [1.807, 2.05) is 19.1 Å². The summed E-state index contributed by atoms with van der Waals surface area (Å²) in [6.07, 6.45) is -2.18. The van der Waals surface area contributed by atoms with Crippen molar-refractivity contribution in [1.82, 2.24) is 0 Å². The number of ether oxygens (including phenoxy) is 2. The van der Waals surface area contributed by atoms with Crippen molar-refractivity contribution in [2.75, 3.05) is 18.5 Å². The highest BCUT2D eigenvalue weighted by atomic mass is 19.1. The van der Waals surface area contributed by atoms with E-state index in [9.17, 15) is 19.4 Å². The Balaban J connectivity index is 2.23. The van der Waals surface area contributed by atoms with E-state index in [1.165, 1.54) is 12.1 Å². The molecule has 2 rings (SSSR count). The zero-order valence-corrected chi connectivity index (χ0v) is 15.3. The van der Waals surface area contributed by atoms with Crippen LogP contribution in [0, 0.1) is 12.7 Å². The van der Waals surface area contributed by atoms with Crippen LogP contribution in [0.25, 0.3) is 0 Å². The third-order valence-corrected chi connectivity index (χ3v) is 3.96. The minimum atomic E-state index is -0.961. The monoisotopic (exact) mass is 377 g/mol. The average Bonchev–Trinajstić information content (AvgIpc) is 2.64. The number of anilines is 1. The Labute approximate surface area is 157 Å². The van der Waals surface area contributed by atoms with Crippen molar-refractivity contribution < 1.29 is 28.9 Å². The number of amides is 1. The fraction of sp³-hybridized carbons (Fsp3) is 0.350. The second-order valence-electron chi connectivity index (χ2n) is 6.03. The van der Waals surface area contributed by atoms with Crippen LogP contribution in [0.4, 0.5) is 14.9 Å². The maximum atomic E-state index is 13.8. The van der Waals surface area contributed by atoms with Gasteiger partial charge in [0, 0.05) is 25.3 Å². The summed E-state index contributed by atoms with van der Waals surface area (Å²) in [4.78, 5) is 12.4. The molecule has 0 aliphatic carbocycles. The topological polar surface area (TPSA) is 88.0 Å². The molecule has 6 nitrogen and oxygen atoms in total. The summed E-state index contributed by atoms with van der Waals surface area (Å²) in [5, 5.41) is 21.3. The highest BCUT2D eigenvalue weighted by molar-refractivity contribution is 5.84. The van der Waals surface area contributed by atoms with Crippen molar-refractivity contribution in [2.45, 2.75) is 32.5 Å². The quantitative estimate of drug-likeness (QED) is 0.649. The van der Waals surface area contributed by atoms with E-state index in [4.69, 9.17) is 9.47 Å². The maximum absolute atomic E-state index is 13.8. The summed E-state index contributed by atoms with van der Waals surface area (Å²) in [6.45, 7) is 3.83. The lowest BCUT2D eigenvalue weighted by molar-refractivity contribution is -0.0485. The largest absolute Gasteiger partial charge is 0.505 e. The van der Waals surface area contributed by atoms with Gasteiger partial charge >= 0.3 is 6.09 Å². The number of halogens is 1. The second kappa shape index (κ2) is 9.89. The van der Waals surface area contributed by atoms with Crippen molar-refractivity contribution in [3.63, 3.8) is 0 Å². The van der Waals surface area contributed by atoms with Crippen molar-refractivity contribution in [3.8, 4) is 5.75 Å². The van der Waals surface area contributed by atoms with Gasteiger partial charge in [-0.1, -0.05) is 23.8 Å². The number of rotatable bonds is 8. The van der Waals surface area contributed by atoms with Crippen molar-refractivity contribution in [3.05, 3.63) is 59.4 Å². The lowest BCUT2D eigenvalue weighted by Crippen LogP contribution is -2.29. The molecule has 146 valence electrons. The van der Waals surface area contributed by atoms with E-state index in [-0.39, 0.29) is 13.0 Å². The molecule has 0 bridgehead atoms. The lowest BCUT2D eigenvalue weighted by atomic mass is 10.0. The fourth-order valence-corrected chi connectivity index (χ4v) is 2.62. The lowest BCUT2D eigenvalue weighted by Gasteiger charge is -2.27. The van der Waals surface area contributed by atoms with E-state index < -0.39 is 29.9 Å². The predicted molar refractivity (Wildman–Crippen MR) is 99.2 cm³/mol. The number of aliphatic hydroxyl groups is 1. The molecule has 2 aromatic rings. The van der Waals surface area contributed by atoms with E-state index in [2.05, 4.69) is 5.32 Å². The Kier molecular flexibility index (Phi) is 7.57. The molecule has 0 aliphatic heterocycles. The Bertz CT molecular complexity index is 745. The zero-order valence-electron chi connectivity index (χ0n) is 15.3. The molecule has 0 heterocycles. The van der Waals surface area contributed by atoms with Crippen LogP contribution in [0.3, 0.4) is 0 Å². The van der Waals surface area contributed by atoms with Gasteiger partial charge in [0.25, 0.3) is 0 Å². The SMILES string of the molecule is CCO[C@@H](CCO)[C@@H](OC(=O)Nc1ccc(C)cc1)c1ccc(O)c(F)c1. The van der Waals surface area contributed by atoms with Crippen LogP contribution in [0.5, 0.6) is 5.75 Å². The van der Waals surface area contributed by atoms with Crippen LogP contribution in [0.15, 0.2) is 42.5 Å². The summed E-state index contributed by atoms with van der Waals surface area (Å²) >= 11 is 0. The summed E-state index contributed by atoms with van der Waals surface area (Å²) < 4.78 is 24.9. The first-order valence-electron chi connectivity index (χ1n) is 8.69. The van der Waals surface area contributed by atoms with Gasteiger partial charge < -0.3 is 19.7 Å². The molecular weight excluding hydrogens is 353 g/mol. The van der Waals surface area contributed by atoms with Gasteiger partial charge in [-0.25, -0.2) is 9.18 Å². The third-order valence-electron chi connectivity index (χ3n) is 3.96. The molecule has 27 heavy (non-hydrogen) atoms. The first kappa shape index (κ1) is 20.7. The highest BCUT2D eigenvalue weighted by Gasteiger charge is 2.28. The number of phenols is 1. The van der Waals surface area contributed by atoms with Crippen molar-refractivity contribution >= 4 is 11.8 Å². The van der Waals surface area contributed by atoms with Crippen LogP contribution in [-0.2, 0) is 9.47 Å². The molecule has 0 saturated carbocycles. The Morgan fingerprint density at radius 3 is 2.52 bits per heavy atom. The molecule has 0 unspecified atom stereocenters. The van der Waals surface area contributed by atoms with Gasteiger partial charge in [-0.05, 0) is 43.7 Å². The number of aryl methyl sites for hydroxylation is 1. The van der Waals surface area contributed by atoms with E-state index in [1.54, 1.807) is 19.1 Å². The molecule has 0 fully saturated rings. The normalized spacial score (nSPS) is 13.0. The summed E-state index contributed by atoms with van der Waals surface area (Å²) in [5.74, 6) is -1.34. The van der Waals surface area contributed by atoms with Gasteiger partial charge in [-0.15, -0.1) is 0 Å². The number of carbonyl (C=O) groups is 1. The highest BCUT2D eigenvalue weighted by Crippen LogP contribution is 2.29. The Morgan fingerprint density at radius 2 is 1.93 bits per heavy atom. The first-order valence-corrected chi connectivity index (χ1v) is 8.69. The van der Waals surface area contributed by atoms with Gasteiger partial charge in [0.1, 0.15) is 6.10 Å². The summed E-state index contributed by atoms with van der Waals surface area (Å²) in [6, 6.07) is 10.9. The molecule has 2 atom stereocenters. The average molecular weight is 377 g/mol. The standard InChI is InChI=1S/C20H24FNO5/c1-3-26-18(10-11-23)19(14-6-9-17(24)16(21)12-14)27-20(25)22-15-7-4-13(2)5-8-15/h4-9,12,18-19,23-24H,3,10-11H2,1-2H3,(H,22,25)/t18-,19-/m0/s1. The zero-order chi connectivity index (χ0) is 19.8. The molecule has 0 saturated heterocycles. The number of aliphatic hydroxyl groups excluding tert-OH is 1. The van der Waals surface area contributed by atoms with Crippen molar-refractivity contribution in [1.29, 1.82) is 0 Å². The fourth-order valence-electron chi connectivity index (χ4n) is 2.62. The summed E-state index contributed by atoms with van der Waals surface area (Å²) in [5.41, 5.74) is 1.92. The van der Waals surface area contributed by atoms with E-state index >= 15 is 0 Å². The second-order valence-corrected chi connectivity index (χ2v) is 6.03. The van der Waals surface area contributed by atoms with E-state index in [0.29, 0.717) is 17.9 Å². The molecule has 0 aliphatic rings. The van der Waals surface area contributed by atoms with Gasteiger partial charge in [0.05, 0.1) is 0 Å². The van der Waals surface area contributed by atoms with Crippen LogP contribution in [0.1, 0.15) is 30.6 Å². The number of phenolic OH excluding ortho intramolecular Hbond substituents is 1. The number of hydrogen-bond acceptors (Lipinski definition) is 5. The van der Waals surface area contributed by atoms with Crippen LogP contribution < -0.4 is 5.32 Å². The van der Waals surface area contributed by atoms with Crippen LogP contribution in [0.2, 0.25) is 0 Å². The van der Waals surface area contributed by atoms with Gasteiger partial charge in [-0.2, -0.15) is 0 Å². The molecule has 1 amide bonds.